The monoisotopic (exact) mass is 414 g/mol. The maximum Gasteiger partial charge on any atom is 0.451 e. The lowest BCUT2D eigenvalue weighted by molar-refractivity contribution is -0.147. The standard InChI is InChI=1S/C14H12ClF5N4O3/c1-3-27-10(25)7-4-5-9(13(15,16)17)21-8(7)6-24-12(26)23(2)11(22-24)14(18,19)20/h4-5H,3,6H2,1-2H3. The molecule has 0 fully saturated rings. The number of hydrogen-bond donors (Lipinski definition) is 0. The van der Waals surface area contributed by atoms with Crippen LogP contribution in [0.5, 0.6) is 0 Å². The lowest BCUT2D eigenvalue weighted by Crippen LogP contribution is -2.26. The Morgan fingerprint density at radius 1 is 1.26 bits per heavy atom. The largest absolute Gasteiger partial charge is 0.462 e. The number of carbonyl (C=O) groups is 1. The number of esters is 1. The molecule has 0 radical (unpaired) electrons. The van der Waals surface area contributed by atoms with Crippen molar-refractivity contribution in [1.82, 2.24) is 19.3 Å². The Labute approximate surface area is 153 Å². The van der Waals surface area contributed by atoms with Crippen LogP contribution in [0.3, 0.4) is 0 Å². The summed E-state index contributed by atoms with van der Waals surface area (Å²) in [5, 5.41) is -0.751. The summed E-state index contributed by atoms with van der Waals surface area (Å²) < 4.78 is 70.6. The van der Waals surface area contributed by atoms with Crippen molar-refractivity contribution in [2.24, 2.45) is 7.05 Å². The van der Waals surface area contributed by atoms with E-state index in [1.54, 1.807) is 0 Å². The molecule has 148 valence electrons. The number of pyridine rings is 1. The quantitative estimate of drug-likeness (QED) is 0.427. The van der Waals surface area contributed by atoms with Gasteiger partial charge in [-0.15, -0.1) is 5.10 Å². The van der Waals surface area contributed by atoms with Crippen molar-refractivity contribution in [2.45, 2.75) is 25.0 Å². The fourth-order valence-electron chi connectivity index (χ4n) is 2.15. The average molecular weight is 415 g/mol. The molecule has 7 nitrogen and oxygen atoms in total. The van der Waals surface area contributed by atoms with Gasteiger partial charge in [0, 0.05) is 7.05 Å². The average Bonchev–Trinajstić information content (AvgIpc) is 2.82. The van der Waals surface area contributed by atoms with E-state index in [4.69, 9.17) is 16.3 Å². The lowest BCUT2D eigenvalue weighted by atomic mass is 10.1. The molecular formula is C14H12ClF5N4O3. The Balaban J connectivity index is 2.57. The topological polar surface area (TPSA) is 79.0 Å². The highest BCUT2D eigenvalue weighted by atomic mass is 35.5. The van der Waals surface area contributed by atoms with E-state index in [1.165, 1.54) is 6.92 Å². The predicted molar refractivity (Wildman–Crippen MR) is 81.5 cm³/mol. The third-order valence-electron chi connectivity index (χ3n) is 3.35. The minimum Gasteiger partial charge on any atom is -0.462 e. The molecule has 0 saturated carbocycles. The number of rotatable bonds is 5. The molecule has 0 aliphatic carbocycles. The van der Waals surface area contributed by atoms with Gasteiger partial charge in [-0.05, 0) is 30.7 Å². The maximum absolute atomic E-state index is 13.3. The fraction of sp³-hybridized carbons (Fsp3) is 0.429. The van der Waals surface area contributed by atoms with Crippen LogP contribution in [0.1, 0.15) is 34.5 Å². The zero-order valence-electron chi connectivity index (χ0n) is 13.9. The van der Waals surface area contributed by atoms with E-state index >= 15 is 0 Å². The minimum absolute atomic E-state index is 0.0482. The third kappa shape index (κ3) is 4.43. The number of halogens is 6. The molecule has 2 aromatic heterocycles. The molecule has 0 aromatic carbocycles. The molecule has 27 heavy (non-hydrogen) atoms. The second-order valence-electron chi connectivity index (χ2n) is 5.23. The summed E-state index contributed by atoms with van der Waals surface area (Å²) in [6, 6.07) is 1.70. The van der Waals surface area contributed by atoms with Gasteiger partial charge in [0.1, 0.15) is 5.69 Å². The van der Waals surface area contributed by atoms with Crippen molar-refractivity contribution in [1.29, 1.82) is 0 Å². The van der Waals surface area contributed by atoms with Crippen molar-refractivity contribution in [2.75, 3.05) is 6.61 Å². The summed E-state index contributed by atoms with van der Waals surface area (Å²) in [6.45, 7) is 0.663. The highest BCUT2D eigenvalue weighted by Crippen LogP contribution is 2.31. The first-order valence-corrected chi connectivity index (χ1v) is 7.69. The first kappa shape index (κ1) is 20.8. The molecule has 0 atom stereocenters. The van der Waals surface area contributed by atoms with E-state index < -0.39 is 47.0 Å². The van der Waals surface area contributed by atoms with Crippen LogP contribution in [0.2, 0.25) is 0 Å². The lowest BCUT2D eigenvalue weighted by Gasteiger charge is -2.12. The highest BCUT2D eigenvalue weighted by molar-refractivity contribution is 6.21. The van der Waals surface area contributed by atoms with E-state index in [0.29, 0.717) is 4.68 Å². The van der Waals surface area contributed by atoms with Gasteiger partial charge < -0.3 is 4.74 Å². The summed E-state index contributed by atoms with van der Waals surface area (Å²) in [5.41, 5.74) is -2.89. The molecule has 2 rings (SSSR count). The van der Waals surface area contributed by atoms with Crippen LogP contribution in [-0.2, 0) is 29.9 Å². The molecule has 2 aromatic rings. The minimum atomic E-state index is -4.92. The summed E-state index contributed by atoms with van der Waals surface area (Å²) >= 11 is 4.90. The molecule has 0 aliphatic rings. The van der Waals surface area contributed by atoms with Crippen LogP contribution in [0, 0.1) is 0 Å². The zero-order valence-corrected chi connectivity index (χ0v) is 14.6. The van der Waals surface area contributed by atoms with Gasteiger partial charge >= 0.3 is 23.2 Å². The van der Waals surface area contributed by atoms with Crippen LogP contribution < -0.4 is 5.69 Å². The van der Waals surface area contributed by atoms with E-state index in [1.807, 2.05) is 0 Å². The van der Waals surface area contributed by atoms with Crippen LogP contribution in [0.4, 0.5) is 22.0 Å². The SMILES string of the molecule is CCOC(=O)c1ccc(C(F)(F)Cl)nc1Cn1nc(C(F)(F)F)n(C)c1=O. The summed E-state index contributed by atoms with van der Waals surface area (Å²) in [4.78, 5) is 27.4. The molecular weight excluding hydrogens is 403 g/mol. The van der Waals surface area contributed by atoms with E-state index in [0.717, 1.165) is 19.2 Å². The van der Waals surface area contributed by atoms with Crippen LogP contribution >= 0.6 is 11.6 Å². The van der Waals surface area contributed by atoms with Crippen LogP contribution in [-0.4, -0.2) is 31.9 Å². The maximum atomic E-state index is 13.3. The Kier molecular flexibility index (Phi) is 5.59. The van der Waals surface area contributed by atoms with Gasteiger partial charge in [0.15, 0.2) is 0 Å². The second-order valence-corrected chi connectivity index (χ2v) is 5.70. The Morgan fingerprint density at radius 3 is 2.37 bits per heavy atom. The first-order valence-electron chi connectivity index (χ1n) is 7.31. The van der Waals surface area contributed by atoms with Crippen molar-refractivity contribution < 1.29 is 31.5 Å². The van der Waals surface area contributed by atoms with Gasteiger partial charge in [0.25, 0.3) is 0 Å². The number of carbonyl (C=O) groups excluding carboxylic acids is 1. The normalized spacial score (nSPS) is 12.3. The molecule has 0 N–H and O–H groups in total. The molecule has 0 saturated heterocycles. The second kappa shape index (κ2) is 7.25. The van der Waals surface area contributed by atoms with Crippen LogP contribution in [0.15, 0.2) is 16.9 Å². The first-order chi connectivity index (χ1) is 12.4. The molecule has 0 bridgehead atoms. The van der Waals surface area contributed by atoms with Crippen molar-refractivity contribution in [3.8, 4) is 0 Å². The van der Waals surface area contributed by atoms with Crippen molar-refractivity contribution >= 4 is 17.6 Å². The summed E-state index contributed by atoms with van der Waals surface area (Å²) in [6.07, 6.45) is -4.92. The predicted octanol–water partition coefficient (Wildman–Crippen LogP) is 2.51. The summed E-state index contributed by atoms with van der Waals surface area (Å²) in [7, 11) is 0.845. The Hall–Kier alpha value is -2.50. The van der Waals surface area contributed by atoms with E-state index in [-0.39, 0.29) is 16.7 Å². The van der Waals surface area contributed by atoms with Gasteiger partial charge in [-0.3, -0.25) is 4.57 Å². The molecule has 13 heteroatoms. The van der Waals surface area contributed by atoms with Crippen molar-refractivity contribution in [3.05, 3.63) is 45.4 Å². The molecule has 0 unspecified atom stereocenters. The van der Waals surface area contributed by atoms with Gasteiger partial charge in [0.2, 0.25) is 5.82 Å². The van der Waals surface area contributed by atoms with Crippen LogP contribution in [0.25, 0.3) is 0 Å². The molecule has 0 spiro atoms. The van der Waals surface area contributed by atoms with E-state index in [2.05, 4.69) is 10.1 Å². The molecule has 0 amide bonds. The molecule has 2 heterocycles. The van der Waals surface area contributed by atoms with Gasteiger partial charge in [-0.1, -0.05) is 0 Å². The third-order valence-corrected chi connectivity index (χ3v) is 3.55. The Morgan fingerprint density at radius 2 is 1.89 bits per heavy atom. The highest BCUT2D eigenvalue weighted by Gasteiger charge is 2.38. The fourth-order valence-corrected chi connectivity index (χ4v) is 2.26. The number of ether oxygens (including phenoxy) is 1. The Bertz CT molecular complexity index is 917. The van der Waals surface area contributed by atoms with Gasteiger partial charge in [-0.2, -0.15) is 22.0 Å². The van der Waals surface area contributed by atoms with Gasteiger partial charge in [0.05, 0.1) is 24.4 Å². The smallest absolute Gasteiger partial charge is 0.451 e. The summed E-state index contributed by atoms with van der Waals surface area (Å²) in [5.74, 6) is -2.45. The number of nitrogens with zero attached hydrogens (tertiary/aromatic N) is 4. The zero-order chi connectivity index (χ0) is 20.6. The number of aromatic nitrogens is 4. The van der Waals surface area contributed by atoms with Crippen molar-refractivity contribution in [3.63, 3.8) is 0 Å². The molecule has 0 aliphatic heterocycles. The van der Waals surface area contributed by atoms with E-state index in [9.17, 15) is 31.5 Å². The van der Waals surface area contributed by atoms with Gasteiger partial charge in [-0.25, -0.2) is 19.3 Å². The number of alkyl halides is 6. The number of hydrogen-bond acceptors (Lipinski definition) is 5.